The number of alkyl halides is 9. The molecule has 0 fully saturated rings. The van der Waals surface area contributed by atoms with Gasteiger partial charge in [-0.2, -0.15) is 50.0 Å². The van der Waals surface area contributed by atoms with Gasteiger partial charge in [0, 0.05) is 42.5 Å². The summed E-state index contributed by atoms with van der Waals surface area (Å²) < 4.78 is 192. The van der Waals surface area contributed by atoms with Crippen molar-refractivity contribution in [3.8, 4) is 23.5 Å². The fourth-order valence-electron chi connectivity index (χ4n) is 4.36. The first kappa shape index (κ1) is 49.2. The summed E-state index contributed by atoms with van der Waals surface area (Å²) in [4.78, 5) is 53.5. The molecule has 330 valence electrons. The van der Waals surface area contributed by atoms with E-state index in [-0.39, 0.29) is 22.8 Å². The second-order valence-corrected chi connectivity index (χ2v) is 11.5. The zero-order valence-corrected chi connectivity index (χ0v) is 30.0. The van der Waals surface area contributed by atoms with E-state index >= 15 is 0 Å². The van der Waals surface area contributed by atoms with Gasteiger partial charge in [0.1, 0.15) is 64.6 Å². The molecule has 0 unspecified atom stereocenters. The van der Waals surface area contributed by atoms with Crippen molar-refractivity contribution in [2.45, 2.75) is 18.5 Å². The molecule has 5 rings (SSSR count). The molecule has 0 atom stereocenters. The van der Waals surface area contributed by atoms with Crippen molar-refractivity contribution < 1.29 is 70.7 Å². The second-order valence-electron chi connectivity index (χ2n) is 11.5. The van der Waals surface area contributed by atoms with Crippen molar-refractivity contribution in [3.05, 3.63) is 155 Å². The average Bonchev–Trinajstić information content (AvgIpc) is 3.17. The molecule has 0 radical (unpaired) electrons. The van der Waals surface area contributed by atoms with Gasteiger partial charge in [-0.25, -0.2) is 40.7 Å². The van der Waals surface area contributed by atoms with E-state index in [1.54, 1.807) is 5.32 Å². The summed E-state index contributed by atoms with van der Waals surface area (Å²) in [5.74, 6) is -8.26. The summed E-state index contributed by atoms with van der Waals surface area (Å²) in [7, 11) is 0. The molecule has 0 aliphatic carbocycles. The Hall–Kier alpha value is -8.17. The van der Waals surface area contributed by atoms with E-state index in [1.807, 2.05) is 0 Å². The predicted molar refractivity (Wildman–Crippen MR) is 184 cm³/mol. The topological polar surface area (TPSA) is 205 Å². The Balaban J connectivity index is 0.000000252. The number of aliphatic imine (C=N–C) groups is 1. The van der Waals surface area contributed by atoms with Gasteiger partial charge in [0.25, 0.3) is 17.0 Å². The third kappa shape index (κ3) is 12.2. The molecule has 0 bridgehead atoms. The van der Waals surface area contributed by atoms with Crippen LogP contribution in [0.3, 0.4) is 0 Å². The molecule has 28 heteroatoms. The van der Waals surface area contributed by atoms with Crippen LogP contribution in [0.2, 0.25) is 0 Å². The number of hydrogen-bond acceptors (Lipinski definition) is 9. The van der Waals surface area contributed by atoms with E-state index in [0.717, 1.165) is 0 Å². The van der Waals surface area contributed by atoms with Crippen molar-refractivity contribution in [1.82, 2.24) is 19.1 Å². The molecule has 5 aromatic rings. The van der Waals surface area contributed by atoms with E-state index in [9.17, 15) is 85.0 Å². The first-order valence-electron chi connectivity index (χ1n) is 15.7. The number of amides is 1. The van der Waals surface area contributed by atoms with Gasteiger partial charge in [-0.15, -0.1) is 0 Å². The molecule has 4 N–H and O–H groups in total. The predicted octanol–water partition coefficient (Wildman–Crippen LogP) is 6.74. The Bertz CT molecular complexity index is 2870. The summed E-state index contributed by atoms with van der Waals surface area (Å²) in [6, 6.07) is 6.05. The Labute approximate surface area is 337 Å². The number of carbonyl (C=O) groups is 1. The zero-order valence-electron chi connectivity index (χ0n) is 30.0. The number of halogens is 15. The fraction of sp³-hybridized carbons (Fsp3) is 0.0857. The molecule has 0 spiro atoms. The molecule has 0 saturated heterocycles. The van der Waals surface area contributed by atoms with Gasteiger partial charge in [0.05, 0.1) is 28.2 Å². The molecule has 0 aliphatic heterocycles. The molecule has 3 aromatic carbocycles. The van der Waals surface area contributed by atoms with Crippen LogP contribution in [0.25, 0.3) is 11.4 Å². The number of carbonyl (C=O) groups excluding carboxylic acids is 1. The quantitative estimate of drug-likeness (QED) is 0.0977. The van der Waals surface area contributed by atoms with Crippen molar-refractivity contribution in [3.63, 3.8) is 0 Å². The Morgan fingerprint density at radius 2 is 1.27 bits per heavy atom. The average molecular weight is 912 g/mol. The lowest BCUT2D eigenvalue weighted by atomic mass is 10.2. The largest absolute Gasteiger partial charge is 0.433 e. The summed E-state index contributed by atoms with van der Waals surface area (Å²) in [6.45, 7) is 2.99. The van der Waals surface area contributed by atoms with Crippen LogP contribution in [0.4, 0.5) is 77.2 Å². The second kappa shape index (κ2) is 19.0. The smallest absolute Gasteiger partial charge is 0.395 e. The van der Waals surface area contributed by atoms with Crippen LogP contribution in [0.5, 0.6) is 0 Å². The third-order valence-corrected chi connectivity index (χ3v) is 7.23. The van der Waals surface area contributed by atoms with E-state index in [2.05, 4.69) is 22.4 Å². The molecule has 2 heterocycles. The van der Waals surface area contributed by atoms with Gasteiger partial charge in [0.2, 0.25) is 0 Å². The number of benzene rings is 3. The highest BCUT2D eigenvalue weighted by molar-refractivity contribution is 5.99. The number of nitrogens with one attached hydrogen (secondary N) is 2. The van der Waals surface area contributed by atoms with Crippen molar-refractivity contribution >= 4 is 24.0 Å². The lowest BCUT2D eigenvalue weighted by Crippen LogP contribution is -2.36. The lowest BCUT2D eigenvalue weighted by molar-refractivity contribution is -0.142. The standard InChI is InChI=1S/C12H6F5N3O2.C12H4F5N3O.C11H6F5N3O/c1-18-7-2-6(14)8(3-5(7)13)20-10(21)4-9(12(15,16)17)19-11(20)22;13-7-2-9(8(14)1-6(7)4-18)20-5-19-10(3-11(20)21)12(15,16)17;12-6-2-8(7(13)1-5(6)4-17)19-10(20)3-9(18)11(14,15)16/h2-4H,1H2,(H,19,22);1-3,5H;1-3H,18H2,(H,19,20)/b;;9-3-. The Morgan fingerprint density at radius 3 is 1.76 bits per heavy atom. The number of hydrogen-bond donors (Lipinski definition) is 3. The maximum atomic E-state index is 13.8. The zero-order chi connectivity index (χ0) is 47.9. The molecule has 63 heavy (non-hydrogen) atoms. The van der Waals surface area contributed by atoms with Gasteiger partial charge in [0.15, 0.2) is 11.5 Å². The first-order chi connectivity index (χ1) is 29.0. The summed E-state index contributed by atoms with van der Waals surface area (Å²) in [5, 5.41) is 18.6. The highest BCUT2D eigenvalue weighted by Crippen LogP contribution is 2.28. The third-order valence-electron chi connectivity index (χ3n) is 7.23. The molecule has 0 aliphatic rings. The van der Waals surface area contributed by atoms with E-state index in [1.165, 1.54) is 17.1 Å². The number of nitrogens with zero attached hydrogens (tertiary/aromatic N) is 6. The van der Waals surface area contributed by atoms with Crippen LogP contribution >= 0.6 is 0 Å². The first-order valence-corrected chi connectivity index (χ1v) is 15.7. The van der Waals surface area contributed by atoms with Crippen molar-refractivity contribution in [2.75, 3.05) is 5.32 Å². The monoisotopic (exact) mass is 911 g/mol. The van der Waals surface area contributed by atoms with Crippen LogP contribution in [0.1, 0.15) is 22.5 Å². The number of rotatable bonds is 5. The van der Waals surface area contributed by atoms with Crippen molar-refractivity contribution in [1.29, 1.82) is 10.5 Å². The summed E-state index contributed by atoms with van der Waals surface area (Å²) >= 11 is 0. The van der Waals surface area contributed by atoms with Gasteiger partial charge in [-0.05, 0) is 18.9 Å². The van der Waals surface area contributed by atoms with Gasteiger partial charge < -0.3 is 16.0 Å². The summed E-state index contributed by atoms with van der Waals surface area (Å²) in [6.07, 6.45) is -14.3. The van der Waals surface area contributed by atoms with Gasteiger partial charge in [-0.3, -0.25) is 23.9 Å². The number of allylic oxidation sites excluding steroid dienone is 1. The molecule has 13 nitrogen and oxygen atoms in total. The van der Waals surface area contributed by atoms with E-state index in [4.69, 9.17) is 10.5 Å². The molecular formula is C35H16F15N9O4. The minimum Gasteiger partial charge on any atom is -0.395 e. The normalized spacial score (nSPS) is 11.5. The van der Waals surface area contributed by atoms with Crippen LogP contribution in [-0.4, -0.2) is 37.9 Å². The van der Waals surface area contributed by atoms with Gasteiger partial charge in [-0.1, -0.05) is 0 Å². The minimum absolute atomic E-state index is 0.00442. The number of nitriles is 2. The Morgan fingerprint density at radius 1 is 0.730 bits per heavy atom. The summed E-state index contributed by atoms with van der Waals surface area (Å²) in [5.41, 5.74) is -8.27. The highest BCUT2D eigenvalue weighted by atomic mass is 19.4. The number of aromatic amines is 1. The number of aromatic nitrogens is 4. The molecule has 2 aromatic heterocycles. The SMILES string of the molecule is C=Nc1cc(F)c(-n2c(=O)cc(C(F)(F)F)[nH]c2=O)cc1F.N#Cc1cc(F)c(-n2cnc(C(F)(F)F)cc2=O)cc1F.N#Cc1cc(F)c(NC(=O)/C=C(\N)C(F)(F)F)cc1F. The Kier molecular flexibility index (Phi) is 14.9. The molecule has 1 amide bonds. The van der Waals surface area contributed by atoms with E-state index in [0.29, 0.717) is 47.3 Å². The molecule has 0 saturated carbocycles. The van der Waals surface area contributed by atoms with Gasteiger partial charge >= 0.3 is 24.2 Å². The number of H-pyrrole nitrogens is 1. The van der Waals surface area contributed by atoms with Crippen LogP contribution in [0, 0.1) is 57.6 Å². The number of anilines is 1. The maximum Gasteiger partial charge on any atom is 0.433 e. The van der Waals surface area contributed by atoms with Crippen LogP contribution in [-0.2, 0) is 17.1 Å². The number of nitrogens with two attached hydrogens (primary N) is 1. The minimum atomic E-state index is -4.96. The lowest BCUT2D eigenvalue weighted by Gasteiger charge is -2.10. The highest BCUT2D eigenvalue weighted by Gasteiger charge is 2.35. The molecular weight excluding hydrogens is 895 g/mol. The maximum absolute atomic E-state index is 13.8. The van der Waals surface area contributed by atoms with Crippen LogP contribution in [0.15, 0.2) is 86.0 Å². The van der Waals surface area contributed by atoms with E-state index < -0.39 is 127 Å². The van der Waals surface area contributed by atoms with Crippen molar-refractivity contribution in [2.24, 2.45) is 10.7 Å². The fourth-order valence-corrected chi connectivity index (χ4v) is 4.36. The van der Waals surface area contributed by atoms with Crippen LogP contribution < -0.4 is 27.9 Å².